The molecule has 0 aliphatic heterocycles. The molecule has 0 fully saturated rings. The zero-order valence-corrected chi connectivity index (χ0v) is 6.63. The highest BCUT2D eigenvalue weighted by Crippen LogP contribution is 2.18. The number of halogens is 1. The summed E-state index contributed by atoms with van der Waals surface area (Å²) in [7, 11) is 0. The number of hydrogen-bond acceptors (Lipinski definition) is 1. The van der Waals surface area contributed by atoms with Crippen molar-refractivity contribution in [3.8, 4) is 0 Å². The molecule has 1 aromatic rings. The first-order chi connectivity index (χ1) is 5.13. The van der Waals surface area contributed by atoms with E-state index in [1.807, 2.05) is 0 Å². The molecule has 1 atom stereocenters. The van der Waals surface area contributed by atoms with Crippen molar-refractivity contribution in [3.63, 3.8) is 0 Å². The minimum Gasteiger partial charge on any atom is -0.389 e. The van der Waals surface area contributed by atoms with Gasteiger partial charge in [0.2, 0.25) is 0 Å². The zero-order valence-electron chi connectivity index (χ0n) is 6.63. The highest BCUT2D eigenvalue weighted by molar-refractivity contribution is 5.28. The molecule has 0 aliphatic rings. The Morgan fingerprint density at radius 2 is 2.09 bits per heavy atom. The third kappa shape index (κ3) is 1.57. The quantitative estimate of drug-likeness (QED) is 0.657. The second kappa shape index (κ2) is 3.01. The zero-order chi connectivity index (χ0) is 8.43. The molecule has 0 unspecified atom stereocenters. The number of rotatable bonds is 1. The van der Waals surface area contributed by atoms with Crippen LogP contribution in [0.5, 0.6) is 0 Å². The van der Waals surface area contributed by atoms with Gasteiger partial charge in [0.1, 0.15) is 5.82 Å². The Morgan fingerprint density at radius 3 is 2.55 bits per heavy atom. The summed E-state index contributed by atoms with van der Waals surface area (Å²) in [4.78, 5) is 0. The lowest BCUT2D eigenvalue weighted by Gasteiger charge is -2.08. The molecule has 0 radical (unpaired) electrons. The van der Waals surface area contributed by atoms with E-state index in [0.717, 1.165) is 0 Å². The monoisotopic (exact) mass is 154 g/mol. The van der Waals surface area contributed by atoms with Crippen LogP contribution < -0.4 is 0 Å². The van der Waals surface area contributed by atoms with Crippen molar-refractivity contribution in [1.82, 2.24) is 0 Å². The maximum atomic E-state index is 12.8. The Kier molecular flexibility index (Phi) is 2.25. The Bertz CT molecular complexity index is 256. The van der Waals surface area contributed by atoms with Crippen molar-refractivity contribution in [3.05, 3.63) is 35.1 Å². The summed E-state index contributed by atoms with van der Waals surface area (Å²) in [6.45, 7) is 3.29. The molecular weight excluding hydrogens is 143 g/mol. The van der Waals surface area contributed by atoms with Gasteiger partial charge in [-0.25, -0.2) is 4.39 Å². The highest BCUT2D eigenvalue weighted by Gasteiger charge is 2.06. The van der Waals surface area contributed by atoms with Crippen molar-refractivity contribution in [2.24, 2.45) is 0 Å². The summed E-state index contributed by atoms with van der Waals surface area (Å²) in [5, 5.41) is 9.16. The lowest BCUT2D eigenvalue weighted by molar-refractivity contribution is 0.198. The number of aliphatic hydroxyl groups excluding tert-OH is 1. The first-order valence-electron chi connectivity index (χ1n) is 3.56. The molecule has 60 valence electrons. The molecule has 1 N–H and O–H groups in total. The van der Waals surface area contributed by atoms with Crippen molar-refractivity contribution in [2.45, 2.75) is 20.0 Å². The van der Waals surface area contributed by atoms with Gasteiger partial charge in [-0.15, -0.1) is 0 Å². The van der Waals surface area contributed by atoms with Crippen LogP contribution in [0, 0.1) is 12.7 Å². The van der Waals surface area contributed by atoms with Gasteiger partial charge in [-0.2, -0.15) is 0 Å². The average molecular weight is 154 g/mol. The van der Waals surface area contributed by atoms with Crippen LogP contribution in [0.3, 0.4) is 0 Å². The second-order valence-corrected chi connectivity index (χ2v) is 2.63. The van der Waals surface area contributed by atoms with E-state index in [0.29, 0.717) is 11.1 Å². The van der Waals surface area contributed by atoms with Gasteiger partial charge < -0.3 is 5.11 Å². The molecule has 0 spiro atoms. The van der Waals surface area contributed by atoms with E-state index in [9.17, 15) is 4.39 Å². The first kappa shape index (κ1) is 8.21. The average Bonchev–Trinajstić information content (AvgIpc) is 1.94. The lowest BCUT2D eigenvalue weighted by Crippen LogP contribution is -1.96. The molecule has 0 amide bonds. The molecule has 0 saturated carbocycles. The van der Waals surface area contributed by atoms with E-state index in [4.69, 9.17) is 5.11 Å². The van der Waals surface area contributed by atoms with Crippen molar-refractivity contribution in [1.29, 1.82) is 0 Å². The predicted octanol–water partition coefficient (Wildman–Crippen LogP) is 2.19. The Labute approximate surface area is 65.5 Å². The molecule has 0 saturated heterocycles. The molecule has 11 heavy (non-hydrogen) atoms. The molecule has 0 aromatic heterocycles. The summed E-state index contributed by atoms with van der Waals surface area (Å²) < 4.78 is 12.8. The van der Waals surface area contributed by atoms with Gasteiger partial charge >= 0.3 is 0 Å². The summed E-state index contributed by atoms with van der Waals surface area (Å²) in [6.07, 6.45) is -0.592. The van der Waals surface area contributed by atoms with Crippen LogP contribution in [0.1, 0.15) is 24.2 Å². The molecule has 1 nitrogen and oxygen atoms in total. The third-order valence-electron chi connectivity index (χ3n) is 1.76. The number of benzene rings is 1. The Morgan fingerprint density at radius 1 is 1.45 bits per heavy atom. The largest absolute Gasteiger partial charge is 0.389 e. The molecule has 0 bridgehead atoms. The summed E-state index contributed by atoms with van der Waals surface area (Å²) >= 11 is 0. The van der Waals surface area contributed by atoms with Gasteiger partial charge in [-0.3, -0.25) is 0 Å². The second-order valence-electron chi connectivity index (χ2n) is 2.63. The van der Waals surface area contributed by atoms with Gasteiger partial charge in [0, 0.05) is 0 Å². The van der Waals surface area contributed by atoms with E-state index in [1.165, 1.54) is 6.07 Å². The standard InChI is InChI=1S/C9H11FO/c1-6-8(7(2)11)4-3-5-9(6)10/h3-5,7,11H,1-2H3/t7-/m1/s1. The van der Waals surface area contributed by atoms with Crippen molar-refractivity contribution in [2.75, 3.05) is 0 Å². The van der Waals surface area contributed by atoms with E-state index in [-0.39, 0.29) is 5.82 Å². The van der Waals surface area contributed by atoms with Crippen LogP contribution in [0.2, 0.25) is 0 Å². The minimum atomic E-state index is -0.592. The van der Waals surface area contributed by atoms with Crippen LogP contribution in [-0.4, -0.2) is 5.11 Å². The Hall–Kier alpha value is -0.890. The van der Waals surface area contributed by atoms with Crippen molar-refractivity contribution < 1.29 is 9.50 Å². The molecule has 2 heteroatoms. The third-order valence-corrected chi connectivity index (χ3v) is 1.76. The smallest absolute Gasteiger partial charge is 0.126 e. The lowest BCUT2D eigenvalue weighted by atomic mass is 10.0. The SMILES string of the molecule is Cc1c(F)cccc1[C@@H](C)O. The van der Waals surface area contributed by atoms with Crippen LogP contribution in [0.15, 0.2) is 18.2 Å². The van der Waals surface area contributed by atoms with Crippen LogP contribution in [-0.2, 0) is 0 Å². The maximum absolute atomic E-state index is 12.8. The van der Waals surface area contributed by atoms with E-state index < -0.39 is 6.10 Å². The van der Waals surface area contributed by atoms with Gasteiger partial charge in [-0.1, -0.05) is 12.1 Å². The van der Waals surface area contributed by atoms with Crippen LogP contribution >= 0.6 is 0 Å². The topological polar surface area (TPSA) is 20.2 Å². The van der Waals surface area contributed by atoms with E-state index >= 15 is 0 Å². The minimum absolute atomic E-state index is 0.261. The normalized spacial score (nSPS) is 13.1. The molecule has 1 aromatic carbocycles. The first-order valence-corrected chi connectivity index (χ1v) is 3.56. The van der Waals surface area contributed by atoms with Gasteiger partial charge in [-0.05, 0) is 31.0 Å². The molecule has 1 rings (SSSR count). The van der Waals surface area contributed by atoms with Crippen molar-refractivity contribution >= 4 is 0 Å². The van der Waals surface area contributed by atoms with Gasteiger partial charge in [0.05, 0.1) is 6.10 Å². The van der Waals surface area contributed by atoms with Crippen LogP contribution in [0.4, 0.5) is 4.39 Å². The van der Waals surface area contributed by atoms with Crippen LogP contribution in [0.25, 0.3) is 0 Å². The number of hydrogen-bond donors (Lipinski definition) is 1. The predicted molar refractivity (Wildman–Crippen MR) is 41.8 cm³/mol. The summed E-state index contributed by atoms with van der Waals surface area (Å²) in [5.74, 6) is -0.261. The summed E-state index contributed by atoms with van der Waals surface area (Å²) in [5.41, 5.74) is 1.19. The van der Waals surface area contributed by atoms with E-state index in [1.54, 1.807) is 26.0 Å². The molecule has 0 aliphatic carbocycles. The van der Waals surface area contributed by atoms with Gasteiger partial charge in [0.15, 0.2) is 0 Å². The highest BCUT2D eigenvalue weighted by atomic mass is 19.1. The fourth-order valence-corrected chi connectivity index (χ4v) is 1.08. The Balaban J connectivity index is 3.17. The number of aliphatic hydroxyl groups is 1. The fourth-order valence-electron chi connectivity index (χ4n) is 1.08. The van der Waals surface area contributed by atoms with Gasteiger partial charge in [0.25, 0.3) is 0 Å². The summed E-state index contributed by atoms with van der Waals surface area (Å²) in [6, 6.07) is 4.72. The van der Waals surface area contributed by atoms with E-state index in [2.05, 4.69) is 0 Å². The molecule has 0 heterocycles. The molecular formula is C9H11FO. The maximum Gasteiger partial charge on any atom is 0.126 e. The fraction of sp³-hybridized carbons (Fsp3) is 0.333.